The molecule has 1 fully saturated rings. The summed E-state index contributed by atoms with van der Waals surface area (Å²) < 4.78 is 0. The lowest BCUT2D eigenvalue weighted by atomic mass is 9.94. The average molecular weight is 327 g/mol. The predicted octanol–water partition coefficient (Wildman–Crippen LogP) is 4.14. The van der Waals surface area contributed by atoms with Gasteiger partial charge in [-0.1, -0.05) is 36.4 Å². The van der Waals surface area contributed by atoms with Crippen LogP contribution in [0.2, 0.25) is 0 Å². The van der Waals surface area contributed by atoms with Crippen LogP contribution in [0.3, 0.4) is 0 Å². The van der Waals surface area contributed by atoms with Crippen molar-refractivity contribution in [1.29, 1.82) is 0 Å². The largest absolute Gasteiger partial charge is 0.380 e. The summed E-state index contributed by atoms with van der Waals surface area (Å²) in [6.07, 6.45) is 3.76. The summed E-state index contributed by atoms with van der Waals surface area (Å²) in [5, 5.41) is 3.74. The van der Waals surface area contributed by atoms with Gasteiger partial charge in [0.15, 0.2) is 0 Å². The van der Waals surface area contributed by atoms with Gasteiger partial charge < -0.3 is 5.32 Å². The first-order valence-corrected chi connectivity index (χ1v) is 8.94. The molecule has 0 radical (unpaired) electrons. The second-order valence-electron chi connectivity index (χ2n) is 7.07. The fourth-order valence-corrected chi connectivity index (χ4v) is 4.23. The molecule has 1 N–H and O–H groups in total. The minimum atomic E-state index is 0.530. The lowest BCUT2D eigenvalue weighted by molar-refractivity contribution is 0.324. The van der Waals surface area contributed by atoms with Gasteiger partial charge in [0, 0.05) is 49.7 Å². The van der Waals surface area contributed by atoms with E-state index in [0.717, 1.165) is 19.6 Å². The molecular weight excluding hydrogens is 306 g/mol. The molecule has 0 bridgehead atoms. The molecule has 0 saturated carbocycles. The Kier molecular flexibility index (Phi) is 3.53. The standard InChI is InChI=1S/C22H21N3/c1-2-4-17(5-3-1)18-6-7-21-19(12-18)20-14-25(15-22(20)24-21)13-16-8-10-23-11-9-16/h1-12,20,22,24H,13-15H2/t20-,22-/m0/s1. The van der Waals surface area contributed by atoms with E-state index >= 15 is 0 Å². The van der Waals surface area contributed by atoms with Crippen LogP contribution in [0, 0.1) is 0 Å². The first kappa shape index (κ1) is 14.7. The second kappa shape index (κ2) is 6.01. The van der Waals surface area contributed by atoms with E-state index < -0.39 is 0 Å². The number of rotatable bonds is 3. The zero-order chi connectivity index (χ0) is 16.6. The number of aromatic nitrogens is 1. The highest BCUT2D eigenvalue weighted by molar-refractivity contribution is 5.71. The Balaban J connectivity index is 1.39. The predicted molar refractivity (Wildman–Crippen MR) is 102 cm³/mol. The van der Waals surface area contributed by atoms with E-state index in [1.54, 1.807) is 0 Å². The van der Waals surface area contributed by atoms with Crippen LogP contribution in [-0.4, -0.2) is 29.0 Å². The van der Waals surface area contributed by atoms with Crippen molar-refractivity contribution < 1.29 is 0 Å². The highest BCUT2D eigenvalue weighted by Gasteiger charge is 2.39. The number of fused-ring (bicyclic) bond motifs is 3. The fourth-order valence-electron chi connectivity index (χ4n) is 4.23. The van der Waals surface area contributed by atoms with Crippen molar-refractivity contribution in [1.82, 2.24) is 9.88 Å². The van der Waals surface area contributed by atoms with Crippen molar-refractivity contribution in [3.05, 3.63) is 84.2 Å². The summed E-state index contributed by atoms with van der Waals surface area (Å²) in [6.45, 7) is 3.22. The highest BCUT2D eigenvalue weighted by atomic mass is 15.2. The van der Waals surface area contributed by atoms with Crippen LogP contribution in [0.15, 0.2) is 73.1 Å². The molecular formula is C22H21N3. The molecule has 3 heterocycles. The van der Waals surface area contributed by atoms with Gasteiger partial charge in [-0.2, -0.15) is 0 Å². The summed E-state index contributed by atoms with van der Waals surface area (Å²) in [4.78, 5) is 6.67. The fraction of sp³-hybridized carbons (Fsp3) is 0.227. The van der Waals surface area contributed by atoms with Crippen LogP contribution >= 0.6 is 0 Å². The first-order valence-electron chi connectivity index (χ1n) is 8.94. The van der Waals surface area contributed by atoms with Gasteiger partial charge in [0.2, 0.25) is 0 Å². The van der Waals surface area contributed by atoms with Gasteiger partial charge in [0.25, 0.3) is 0 Å². The van der Waals surface area contributed by atoms with Gasteiger partial charge in [-0.25, -0.2) is 0 Å². The van der Waals surface area contributed by atoms with Gasteiger partial charge >= 0.3 is 0 Å². The number of hydrogen-bond acceptors (Lipinski definition) is 3. The van der Waals surface area contributed by atoms with Crippen molar-refractivity contribution in [3.63, 3.8) is 0 Å². The van der Waals surface area contributed by atoms with Gasteiger partial charge in [-0.05, 0) is 46.5 Å². The van der Waals surface area contributed by atoms with Crippen LogP contribution in [-0.2, 0) is 6.54 Å². The van der Waals surface area contributed by atoms with Crippen LogP contribution in [0.1, 0.15) is 17.0 Å². The lowest BCUT2D eigenvalue weighted by Crippen LogP contribution is -2.25. The Morgan fingerprint density at radius 1 is 0.920 bits per heavy atom. The average Bonchev–Trinajstić information content (AvgIpc) is 3.20. The molecule has 5 rings (SSSR count). The molecule has 0 unspecified atom stereocenters. The topological polar surface area (TPSA) is 28.2 Å². The molecule has 0 spiro atoms. The van der Waals surface area contributed by atoms with E-state index in [1.807, 2.05) is 12.4 Å². The first-order chi connectivity index (χ1) is 12.4. The number of benzene rings is 2. The van der Waals surface area contributed by atoms with E-state index in [0.29, 0.717) is 12.0 Å². The zero-order valence-electron chi connectivity index (χ0n) is 14.1. The monoisotopic (exact) mass is 327 g/mol. The molecule has 2 aliphatic heterocycles. The normalized spacial score (nSPS) is 21.6. The van der Waals surface area contributed by atoms with E-state index in [1.165, 1.54) is 27.9 Å². The summed E-state index contributed by atoms with van der Waals surface area (Å²) in [5.74, 6) is 0.584. The number of likely N-dealkylation sites (tertiary alicyclic amines) is 1. The summed E-state index contributed by atoms with van der Waals surface area (Å²) in [5.41, 5.74) is 6.74. The lowest BCUT2D eigenvalue weighted by Gasteiger charge is -2.17. The SMILES string of the molecule is c1ccc(-c2ccc3c(c2)[C@@H]2CN(Cc4ccncc4)C[C@@H]2N3)cc1. The quantitative estimate of drug-likeness (QED) is 0.783. The summed E-state index contributed by atoms with van der Waals surface area (Å²) in [6, 6.07) is 22.3. The van der Waals surface area contributed by atoms with Gasteiger partial charge in [0.1, 0.15) is 0 Å². The maximum atomic E-state index is 4.11. The number of nitrogens with one attached hydrogen (secondary N) is 1. The van der Waals surface area contributed by atoms with Gasteiger partial charge in [-0.3, -0.25) is 9.88 Å². The molecule has 124 valence electrons. The molecule has 2 aliphatic rings. The summed E-state index contributed by atoms with van der Waals surface area (Å²) in [7, 11) is 0. The molecule has 0 aliphatic carbocycles. The molecule has 3 nitrogen and oxygen atoms in total. The third-order valence-electron chi connectivity index (χ3n) is 5.45. The molecule has 25 heavy (non-hydrogen) atoms. The highest BCUT2D eigenvalue weighted by Crippen LogP contribution is 2.42. The number of anilines is 1. The number of pyridine rings is 1. The van der Waals surface area contributed by atoms with E-state index in [4.69, 9.17) is 0 Å². The van der Waals surface area contributed by atoms with Crippen LogP contribution in [0.25, 0.3) is 11.1 Å². The number of hydrogen-bond donors (Lipinski definition) is 1. The van der Waals surface area contributed by atoms with Crippen molar-refractivity contribution in [2.24, 2.45) is 0 Å². The van der Waals surface area contributed by atoms with Gasteiger partial charge in [-0.15, -0.1) is 0 Å². The minimum absolute atomic E-state index is 0.530. The molecule has 3 aromatic rings. The molecule has 1 aromatic heterocycles. The third-order valence-corrected chi connectivity index (χ3v) is 5.45. The van der Waals surface area contributed by atoms with Crippen LogP contribution in [0.5, 0.6) is 0 Å². The smallest absolute Gasteiger partial charge is 0.0470 e. The third kappa shape index (κ3) is 2.71. The Morgan fingerprint density at radius 3 is 2.60 bits per heavy atom. The van der Waals surface area contributed by atoms with E-state index in [2.05, 4.69) is 75.9 Å². The maximum Gasteiger partial charge on any atom is 0.0470 e. The second-order valence-corrected chi connectivity index (χ2v) is 7.07. The molecule has 3 heteroatoms. The van der Waals surface area contributed by atoms with Crippen molar-refractivity contribution in [3.8, 4) is 11.1 Å². The molecule has 1 saturated heterocycles. The molecule has 2 atom stereocenters. The minimum Gasteiger partial charge on any atom is -0.380 e. The number of nitrogens with zero attached hydrogens (tertiary/aromatic N) is 2. The van der Waals surface area contributed by atoms with Crippen LogP contribution in [0.4, 0.5) is 5.69 Å². The zero-order valence-corrected chi connectivity index (χ0v) is 14.1. The molecule has 2 aromatic carbocycles. The summed E-state index contributed by atoms with van der Waals surface area (Å²) >= 11 is 0. The van der Waals surface area contributed by atoms with Crippen LogP contribution < -0.4 is 5.32 Å². The Hall–Kier alpha value is -2.65. The Morgan fingerprint density at radius 2 is 1.76 bits per heavy atom. The Bertz CT molecular complexity index is 876. The molecule has 0 amide bonds. The Labute approximate surface area is 148 Å². The van der Waals surface area contributed by atoms with Crippen molar-refractivity contribution >= 4 is 5.69 Å². The van der Waals surface area contributed by atoms with Crippen molar-refractivity contribution in [2.75, 3.05) is 18.4 Å². The van der Waals surface area contributed by atoms with Crippen molar-refractivity contribution in [2.45, 2.75) is 18.5 Å². The van der Waals surface area contributed by atoms with E-state index in [-0.39, 0.29) is 0 Å². The van der Waals surface area contributed by atoms with Gasteiger partial charge in [0.05, 0.1) is 0 Å². The maximum absolute atomic E-state index is 4.11. The van der Waals surface area contributed by atoms with E-state index in [9.17, 15) is 0 Å².